The van der Waals surface area contributed by atoms with Crippen LogP contribution in [0.3, 0.4) is 0 Å². The van der Waals surface area contributed by atoms with Crippen LogP contribution in [0.5, 0.6) is 0 Å². The Labute approximate surface area is 149 Å². The molecule has 1 N–H and O–H groups in total. The Balaban J connectivity index is 1.43. The van der Waals surface area contributed by atoms with Crippen LogP contribution in [-0.2, 0) is 4.79 Å². The van der Waals surface area contributed by atoms with Crippen LogP contribution in [0, 0.1) is 0 Å². The lowest BCUT2D eigenvalue weighted by molar-refractivity contribution is -0.111. The first kappa shape index (κ1) is 15.6. The van der Waals surface area contributed by atoms with Gasteiger partial charge in [0.1, 0.15) is 0 Å². The van der Waals surface area contributed by atoms with Crippen LogP contribution in [0.2, 0.25) is 0 Å². The van der Waals surface area contributed by atoms with Crippen molar-refractivity contribution in [3.63, 3.8) is 0 Å². The molecule has 0 fully saturated rings. The van der Waals surface area contributed by atoms with Crippen molar-refractivity contribution < 1.29 is 4.79 Å². The highest BCUT2D eigenvalue weighted by Gasteiger charge is 2.01. The molecule has 0 aliphatic rings. The first-order valence-electron chi connectivity index (χ1n) is 7.95. The Morgan fingerprint density at radius 3 is 2.46 bits per heavy atom. The normalized spacial score (nSPS) is 11.1. The summed E-state index contributed by atoms with van der Waals surface area (Å²) >= 11 is 0. The maximum Gasteiger partial charge on any atom is 0.248 e. The van der Waals surface area contributed by atoms with Gasteiger partial charge in [0.05, 0.1) is 41.0 Å². The molecule has 0 saturated heterocycles. The van der Waals surface area contributed by atoms with Gasteiger partial charge in [0.2, 0.25) is 5.91 Å². The minimum Gasteiger partial charge on any atom is -0.323 e. The van der Waals surface area contributed by atoms with Gasteiger partial charge in [-0.05, 0) is 42.5 Å². The Kier molecular flexibility index (Phi) is 4.17. The molecular weight excluding hydrogens is 328 g/mol. The van der Waals surface area contributed by atoms with Crippen LogP contribution in [0.1, 0.15) is 5.69 Å². The lowest BCUT2D eigenvalue weighted by Crippen LogP contribution is -2.08. The van der Waals surface area contributed by atoms with Crippen LogP contribution < -0.4 is 5.32 Å². The average molecular weight is 342 g/mol. The number of hydrogen-bond donors (Lipinski definition) is 1. The van der Waals surface area contributed by atoms with E-state index >= 15 is 0 Å². The molecule has 4 aromatic rings. The SMILES string of the molecule is O=C(/C=C/c1cnc2ccccc2n1)Nc1ccc(-n2nccn2)cc1. The molecule has 0 unspecified atom stereocenters. The van der Waals surface area contributed by atoms with Gasteiger partial charge in [-0.25, -0.2) is 4.98 Å². The van der Waals surface area contributed by atoms with Gasteiger partial charge in [-0.2, -0.15) is 15.0 Å². The number of fused-ring (bicyclic) bond motifs is 1. The highest BCUT2D eigenvalue weighted by Crippen LogP contribution is 2.12. The van der Waals surface area contributed by atoms with Crippen LogP contribution in [0.4, 0.5) is 5.69 Å². The first-order chi connectivity index (χ1) is 12.8. The fourth-order valence-electron chi connectivity index (χ4n) is 2.42. The molecule has 0 aliphatic heterocycles. The van der Waals surface area contributed by atoms with Gasteiger partial charge in [-0.1, -0.05) is 12.1 Å². The lowest BCUT2D eigenvalue weighted by Gasteiger charge is -2.04. The molecule has 2 aromatic heterocycles. The quantitative estimate of drug-likeness (QED) is 0.576. The van der Waals surface area contributed by atoms with Gasteiger partial charge in [0, 0.05) is 11.8 Å². The third kappa shape index (κ3) is 3.46. The summed E-state index contributed by atoms with van der Waals surface area (Å²) in [5.74, 6) is -0.245. The van der Waals surface area contributed by atoms with Gasteiger partial charge < -0.3 is 5.32 Å². The van der Waals surface area contributed by atoms with E-state index in [2.05, 4.69) is 25.5 Å². The summed E-state index contributed by atoms with van der Waals surface area (Å²) in [5.41, 5.74) is 3.73. The van der Waals surface area contributed by atoms with E-state index in [0.29, 0.717) is 11.4 Å². The second kappa shape index (κ2) is 6.94. The molecule has 2 aromatic carbocycles. The highest BCUT2D eigenvalue weighted by molar-refractivity contribution is 6.01. The molecule has 0 saturated carbocycles. The second-order valence-corrected chi connectivity index (χ2v) is 5.47. The summed E-state index contributed by atoms with van der Waals surface area (Å²) in [6.45, 7) is 0. The Hall–Kier alpha value is -3.87. The first-order valence-corrected chi connectivity index (χ1v) is 7.95. The summed E-state index contributed by atoms with van der Waals surface area (Å²) in [6, 6.07) is 14.8. The molecule has 0 atom stereocenters. The van der Waals surface area contributed by atoms with Gasteiger partial charge in [-0.3, -0.25) is 9.78 Å². The van der Waals surface area contributed by atoms with E-state index in [1.165, 1.54) is 10.9 Å². The smallest absolute Gasteiger partial charge is 0.248 e. The summed E-state index contributed by atoms with van der Waals surface area (Å²) in [4.78, 5) is 22.4. The van der Waals surface area contributed by atoms with E-state index in [-0.39, 0.29) is 5.91 Å². The molecule has 2 heterocycles. The number of carbonyl (C=O) groups is 1. The predicted octanol–water partition coefficient (Wildman–Crippen LogP) is 2.86. The molecule has 7 heteroatoms. The number of benzene rings is 2. The van der Waals surface area contributed by atoms with E-state index in [4.69, 9.17) is 0 Å². The van der Waals surface area contributed by atoms with Crippen molar-refractivity contribution in [3.8, 4) is 5.69 Å². The zero-order valence-corrected chi connectivity index (χ0v) is 13.6. The minimum atomic E-state index is -0.245. The van der Waals surface area contributed by atoms with Gasteiger partial charge in [0.25, 0.3) is 0 Å². The zero-order chi connectivity index (χ0) is 17.8. The second-order valence-electron chi connectivity index (χ2n) is 5.47. The molecule has 126 valence electrons. The number of carbonyl (C=O) groups excluding carboxylic acids is 1. The number of nitrogens with zero attached hydrogens (tertiary/aromatic N) is 5. The summed E-state index contributed by atoms with van der Waals surface area (Å²) in [5, 5.41) is 10.9. The van der Waals surface area contributed by atoms with Crippen molar-refractivity contribution in [2.24, 2.45) is 0 Å². The maximum atomic E-state index is 12.1. The van der Waals surface area contributed by atoms with Crippen molar-refractivity contribution in [2.75, 3.05) is 5.32 Å². The number of para-hydroxylation sites is 2. The summed E-state index contributed by atoms with van der Waals surface area (Å²) in [6.07, 6.45) is 7.92. The van der Waals surface area contributed by atoms with Crippen molar-refractivity contribution in [3.05, 3.63) is 78.9 Å². The summed E-state index contributed by atoms with van der Waals surface area (Å²) in [7, 11) is 0. The largest absolute Gasteiger partial charge is 0.323 e. The van der Waals surface area contributed by atoms with Crippen LogP contribution in [0.25, 0.3) is 22.8 Å². The lowest BCUT2D eigenvalue weighted by atomic mass is 10.2. The maximum absolute atomic E-state index is 12.1. The van der Waals surface area contributed by atoms with Crippen LogP contribution in [-0.4, -0.2) is 30.9 Å². The zero-order valence-electron chi connectivity index (χ0n) is 13.6. The number of rotatable bonds is 4. The van der Waals surface area contributed by atoms with E-state index in [9.17, 15) is 4.79 Å². The molecule has 1 amide bonds. The predicted molar refractivity (Wildman–Crippen MR) is 98.6 cm³/mol. The average Bonchev–Trinajstić information content (AvgIpc) is 3.22. The van der Waals surface area contributed by atoms with Crippen molar-refractivity contribution in [1.82, 2.24) is 25.0 Å². The van der Waals surface area contributed by atoms with Gasteiger partial charge >= 0.3 is 0 Å². The molecule has 0 bridgehead atoms. The third-order valence-electron chi connectivity index (χ3n) is 3.66. The number of nitrogens with one attached hydrogen (secondary N) is 1. The van der Waals surface area contributed by atoms with E-state index in [1.807, 2.05) is 36.4 Å². The monoisotopic (exact) mass is 342 g/mol. The number of anilines is 1. The Morgan fingerprint density at radius 2 is 1.69 bits per heavy atom. The molecule has 26 heavy (non-hydrogen) atoms. The van der Waals surface area contributed by atoms with Crippen LogP contribution >= 0.6 is 0 Å². The standard InChI is InChI=1S/C19H14N6O/c26-19(10-7-15-13-20-17-3-1-2-4-18(17)23-15)24-14-5-8-16(9-6-14)25-21-11-12-22-25/h1-13H,(H,24,26)/b10-7+. The van der Waals surface area contributed by atoms with E-state index in [1.54, 1.807) is 36.8 Å². The van der Waals surface area contributed by atoms with Gasteiger partial charge in [-0.15, -0.1) is 0 Å². The molecular formula is C19H14N6O. The van der Waals surface area contributed by atoms with Crippen LogP contribution in [0.15, 0.2) is 73.2 Å². The number of aromatic nitrogens is 5. The topological polar surface area (TPSA) is 85.6 Å². The van der Waals surface area contributed by atoms with E-state index < -0.39 is 0 Å². The fourth-order valence-corrected chi connectivity index (χ4v) is 2.42. The van der Waals surface area contributed by atoms with Crippen molar-refractivity contribution >= 4 is 28.7 Å². The molecule has 4 rings (SSSR count). The van der Waals surface area contributed by atoms with Gasteiger partial charge in [0.15, 0.2) is 0 Å². The summed E-state index contributed by atoms with van der Waals surface area (Å²) < 4.78 is 0. The van der Waals surface area contributed by atoms with Crippen molar-refractivity contribution in [2.45, 2.75) is 0 Å². The minimum absolute atomic E-state index is 0.245. The van der Waals surface area contributed by atoms with E-state index in [0.717, 1.165) is 16.7 Å². The molecule has 0 aliphatic carbocycles. The molecule has 7 nitrogen and oxygen atoms in total. The van der Waals surface area contributed by atoms with Crippen molar-refractivity contribution in [1.29, 1.82) is 0 Å². The number of hydrogen-bond acceptors (Lipinski definition) is 5. The highest BCUT2D eigenvalue weighted by atomic mass is 16.1. The Morgan fingerprint density at radius 1 is 0.962 bits per heavy atom. The third-order valence-corrected chi connectivity index (χ3v) is 3.66. The fraction of sp³-hybridized carbons (Fsp3) is 0. The number of amides is 1. The molecule has 0 radical (unpaired) electrons. The Bertz CT molecular complexity index is 1070. The molecule has 0 spiro atoms.